The van der Waals surface area contributed by atoms with Gasteiger partial charge >= 0.3 is 0 Å². The van der Waals surface area contributed by atoms with Crippen molar-refractivity contribution in [2.45, 2.75) is 39.3 Å². The van der Waals surface area contributed by atoms with Gasteiger partial charge in [-0.2, -0.15) is 5.10 Å². The molecule has 1 aromatic heterocycles. The lowest BCUT2D eigenvalue weighted by Gasteiger charge is -2.13. The molecule has 5 heteroatoms. The minimum Gasteiger partial charge on any atom is -0.485 e. The second kappa shape index (κ2) is 6.19. The zero-order valence-electron chi connectivity index (χ0n) is 11.5. The van der Waals surface area contributed by atoms with Crippen LogP contribution in [0.2, 0.25) is 0 Å². The molecule has 0 bridgehead atoms. The van der Waals surface area contributed by atoms with E-state index < -0.39 is 0 Å². The van der Waals surface area contributed by atoms with Crippen LogP contribution in [0.4, 0.5) is 0 Å². The topological polar surface area (TPSA) is 39.9 Å². The Hall–Kier alpha value is -1.36. The highest BCUT2D eigenvalue weighted by Gasteiger charge is 2.09. The highest BCUT2D eigenvalue weighted by Crippen LogP contribution is 2.26. The summed E-state index contributed by atoms with van der Waals surface area (Å²) in [7, 11) is 0. The summed E-state index contributed by atoms with van der Waals surface area (Å²) in [6, 6.07) is 4.28. The summed E-state index contributed by atoms with van der Waals surface area (Å²) in [4.78, 5) is 4.21. The minimum absolute atomic E-state index is 0.448. The molecule has 0 fully saturated rings. The molecule has 2 rings (SSSR count). The molecule has 1 aromatic carbocycles. The van der Waals surface area contributed by atoms with Crippen molar-refractivity contribution in [2.24, 2.45) is 0 Å². The fourth-order valence-electron chi connectivity index (χ4n) is 2.15. The number of rotatable bonds is 5. The third-order valence-corrected chi connectivity index (χ3v) is 3.66. The second-order valence-electron chi connectivity index (χ2n) is 4.47. The van der Waals surface area contributed by atoms with Crippen molar-refractivity contribution in [1.82, 2.24) is 14.8 Å². The predicted octanol–water partition coefficient (Wildman–Crippen LogP) is 3.39. The number of halogens is 1. The van der Waals surface area contributed by atoms with Gasteiger partial charge in [-0.3, -0.25) is 0 Å². The van der Waals surface area contributed by atoms with Gasteiger partial charge in [0.15, 0.2) is 5.82 Å². The maximum Gasteiger partial charge on any atom is 0.164 e. The van der Waals surface area contributed by atoms with Crippen molar-refractivity contribution in [3.8, 4) is 5.75 Å². The monoisotopic (exact) mass is 323 g/mol. The van der Waals surface area contributed by atoms with E-state index in [0.29, 0.717) is 6.61 Å². The minimum atomic E-state index is 0.448. The molecule has 19 heavy (non-hydrogen) atoms. The number of ether oxygens (including phenoxy) is 1. The van der Waals surface area contributed by atoms with Crippen molar-refractivity contribution in [1.29, 1.82) is 0 Å². The first kappa shape index (κ1) is 14.1. The van der Waals surface area contributed by atoms with Crippen LogP contribution in [-0.4, -0.2) is 14.8 Å². The Labute approximate surface area is 121 Å². The average molecular weight is 324 g/mol. The number of aryl methyl sites for hydroxylation is 3. The molecule has 0 aliphatic rings. The number of hydrogen-bond donors (Lipinski definition) is 0. The van der Waals surface area contributed by atoms with Gasteiger partial charge in [0.25, 0.3) is 0 Å². The quantitative estimate of drug-likeness (QED) is 0.792. The predicted molar refractivity (Wildman–Crippen MR) is 78.6 cm³/mol. The molecule has 0 atom stereocenters. The van der Waals surface area contributed by atoms with Crippen molar-refractivity contribution in [3.05, 3.63) is 41.0 Å². The van der Waals surface area contributed by atoms with Crippen molar-refractivity contribution in [3.63, 3.8) is 0 Å². The number of benzene rings is 1. The average Bonchev–Trinajstić information content (AvgIpc) is 2.85. The Morgan fingerprint density at radius 3 is 2.53 bits per heavy atom. The van der Waals surface area contributed by atoms with E-state index in [9.17, 15) is 0 Å². The largest absolute Gasteiger partial charge is 0.485 e. The molecule has 2 aromatic rings. The van der Waals surface area contributed by atoms with Crippen molar-refractivity contribution in [2.75, 3.05) is 0 Å². The molecule has 0 aliphatic heterocycles. The van der Waals surface area contributed by atoms with E-state index in [2.05, 4.69) is 52.0 Å². The first-order valence-electron chi connectivity index (χ1n) is 6.31. The van der Waals surface area contributed by atoms with Crippen LogP contribution in [0.5, 0.6) is 5.75 Å². The normalized spacial score (nSPS) is 10.7. The molecule has 0 aliphatic carbocycles. The summed E-state index contributed by atoms with van der Waals surface area (Å²) in [5, 5.41) is 5.00. The lowest BCUT2D eigenvalue weighted by Crippen LogP contribution is -2.08. The number of nitrogens with zero attached hydrogens (tertiary/aromatic N) is 3. The van der Waals surface area contributed by atoms with E-state index in [-0.39, 0.29) is 0 Å². The second-order valence-corrected chi connectivity index (χ2v) is 5.03. The third kappa shape index (κ3) is 3.15. The van der Waals surface area contributed by atoms with Crippen molar-refractivity contribution >= 4 is 15.9 Å². The molecule has 102 valence electrons. The molecular weight excluding hydrogens is 306 g/mol. The fraction of sp³-hybridized carbons (Fsp3) is 0.429. The summed E-state index contributed by atoms with van der Waals surface area (Å²) in [6.07, 6.45) is 1.57. The van der Waals surface area contributed by atoms with E-state index >= 15 is 0 Å². The van der Waals surface area contributed by atoms with Crippen LogP contribution in [0.3, 0.4) is 0 Å². The van der Waals surface area contributed by atoms with Crippen molar-refractivity contribution < 1.29 is 4.74 Å². The Morgan fingerprint density at radius 2 is 1.95 bits per heavy atom. The summed E-state index contributed by atoms with van der Waals surface area (Å²) in [5.74, 6) is 1.79. The summed E-state index contributed by atoms with van der Waals surface area (Å²) >= 11 is 3.48. The van der Waals surface area contributed by atoms with Crippen LogP contribution in [0.1, 0.15) is 29.4 Å². The molecule has 0 N–H and O–H groups in total. The van der Waals surface area contributed by atoms with Gasteiger partial charge in [-0.15, -0.1) is 0 Å². The van der Waals surface area contributed by atoms with E-state index in [4.69, 9.17) is 4.74 Å². The van der Waals surface area contributed by atoms with Gasteiger partial charge in [0, 0.05) is 11.9 Å². The Kier molecular flexibility index (Phi) is 4.58. The summed E-state index contributed by atoms with van der Waals surface area (Å²) in [6.45, 7) is 7.43. The van der Waals surface area contributed by atoms with Gasteiger partial charge in [-0.25, -0.2) is 9.67 Å². The number of aromatic nitrogens is 3. The standard InChI is InChI=1S/C14H18BrN3O/c1-4-18-13(16-9-17-18)8-19-14-10(2)5-12(7-15)6-11(14)3/h5-6,9H,4,7-8H2,1-3H3. The summed E-state index contributed by atoms with van der Waals surface area (Å²) in [5.41, 5.74) is 3.56. The Morgan fingerprint density at radius 1 is 1.26 bits per heavy atom. The molecule has 4 nitrogen and oxygen atoms in total. The number of hydrogen-bond acceptors (Lipinski definition) is 3. The van der Waals surface area contributed by atoms with Crippen LogP contribution >= 0.6 is 15.9 Å². The van der Waals surface area contributed by atoms with E-state index in [0.717, 1.165) is 34.6 Å². The zero-order chi connectivity index (χ0) is 13.8. The fourth-order valence-corrected chi connectivity index (χ4v) is 2.47. The summed E-state index contributed by atoms with van der Waals surface area (Å²) < 4.78 is 7.76. The van der Waals surface area contributed by atoms with Crippen LogP contribution in [0.15, 0.2) is 18.5 Å². The zero-order valence-corrected chi connectivity index (χ0v) is 13.1. The molecular formula is C14H18BrN3O. The highest BCUT2D eigenvalue weighted by molar-refractivity contribution is 9.08. The van der Waals surface area contributed by atoms with Gasteiger partial charge in [-0.05, 0) is 37.5 Å². The first-order valence-corrected chi connectivity index (χ1v) is 7.43. The van der Waals surface area contributed by atoms with Crippen LogP contribution < -0.4 is 4.74 Å². The lowest BCUT2D eigenvalue weighted by atomic mass is 10.1. The Bertz CT molecular complexity index is 543. The van der Waals surface area contributed by atoms with E-state index in [1.807, 2.05) is 11.6 Å². The highest BCUT2D eigenvalue weighted by atomic mass is 79.9. The SMILES string of the molecule is CCn1ncnc1COc1c(C)cc(CBr)cc1C. The van der Waals surface area contributed by atoms with E-state index in [1.54, 1.807) is 6.33 Å². The molecule has 0 unspecified atom stereocenters. The first-order chi connectivity index (χ1) is 9.15. The lowest BCUT2D eigenvalue weighted by molar-refractivity contribution is 0.283. The Balaban J connectivity index is 2.16. The van der Waals surface area contributed by atoms with Gasteiger partial charge in [-0.1, -0.05) is 28.1 Å². The van der Waals surface area contributed by atoms with Gasteiger partial charge in [0.1, 0.15) is 18.7 Å². The van der Waals surface area contributed by atoms with Crippen LogP contribution in [-0.2, 0) is 18.5 Å². The molecule has 0 radical (unpaired) electrons. The van der Waals surface area contributed by atoms with Gasteiger partial charge < -0.3 is 4.74 Å². The smallest absolute Gasteiger partial charge is 0.164 e. The van der Waals surface area contributed by atoms with Crippen LogP contribution in [0.25, 0.3) is 0 Å². The van der Waals surface area contributed by atoms with Gasteiger partial charge in [0.2, 0.25) is 0 Å². The van der Waals surface area contributed by atoms with Gasteiger partial charge in [0.05, 0.1) is 0 Å². The number of alkyl halides is 1. The molecule has 1 heterocycles. The van der Waals surface area contributed by atoms with E-state index in [1.165, 1.54) is 5.56 Å². The maximum atomic E-state index is 5.92. The molecule has 0 spiro atoms. The maximum absolute atomic E-state index is 5.92. The third-order valence-electron chi connectivity index (χ3n) is 3.02. The molecule has 0 amide bonds. The van der Waals surface area contributed by atoms with Crippen LogP contribution in [0, 0.1) is 13.8 Å². The molecule has 0 saturated heterocycles. The molecule has 0 saturated carbocycles.